The van der Waals surface area contributed by atoms with Crippen LogP contribution in [0.2, 0.25) is 0 Å². The predicted octanol–water partition coefficient (Wildman–Crippen LogP) is 2.99. The van der Waals surface area contributed by atoms with Gasteiger partial charge < -0.3 is 9.84 Å². The number of aliphatic hydroxyl groups excluding tert-OH is 1. The first-order valence-electron chi connectivity index (χ1n) is 7.47. The average Bonchev–Trinajstić information content (AvgIpc) is 2.27. The first-order chi connectivity index (χ1) is 8.22. The lowest BCUT2D eigenvalue weighted by atomic mass is 9.48. The fourth-order valence-corrected chi connectivity index (χ4v) is 5.23. The highest BCUT2D eigenvalue weighted by atomic mass is 16.5. The zero-order valence-corrected chi connectivity index (χ0v) is 11.0. The molecule has 0 radical (unpaired) electrons. The van der Waals surface area contributed by atoms with E-state index in [1.807, 2.05) is 6.92 Å². The Labute approximate surface area is 105 Å². The lowest BCUT2D eigenvalue weighted by molar-refractivity contribution is -0.126. The van der Waals surface area contributed by atoms with Crippen LogP contribution in [0.1, 0.15) is 51.9 Å². The molecule has 1 unspecified atom stereocenters. The molecule has 17 heavy (non-hydrogen) atoms. The van der Waals surface area contributed by atoms with Crippen LogP contribution in [0.25, 0.3) is 0 Å². The molecule has 4 bridgehead atoms. The highest BCUT2D eigenvalue weighted by Crippen LogP contribution is 2.61. The zero-order chi connectivity index (χ0) is 11.9. The number of rotatable bonds is 5. The monoisotopic (exact) mass is 238 g/mol. The van der Waals surface area contributed by atoms with Crippen molar-refractivity contribution in [1.29, 1.82) is 0 Å². The van der Waals surface area contributed by atoms with Crippen molar-refractivity contribution in [2.24, 2.45) is 23.2 Å². The summed E-state index contributed by atoms with van der Waals surface area (Å²) in [5, 5.41) is 10.6. The number of ether oxygens (including phenoxy) is 1. The maximum Gasteiger partial charge on any atom is 0.0618 e. The summed E-state index contributed by atoms with van der Waals surface area (Å²) in [7, 11) is 0. The van der Waals surface area contributed by atoms with Crippen LogP contribution in [0.3, 0.4) is 0 Å². The van der Waals surface area contributed by atoms with E-state index in [4.69, 9.17) is 4.74 Å². The molecule has 4 saturated carbocycles. The molecule has 0 aromatic rings. The molecule has 98 valence electrons. The van der Waals surface area contributed by atoms with Gasteiger partial charge in [0.15, 0.2) is 0 Å². The molecule has 2 nitrogen and oxygen atoms in total. The lowest BCUT2D eigenvalue weighted by Crippen LogP contribution is -2.51. The van der Waals surface area contributed by atoms with Gasteiger partial charge in [0.1, 0.15) is 0 Å². The SMILES string of the molecule is CCOCCC(O)C12CC3CC(CC(C3)C1)C2. The minimum atomic E-state index is -0.109. The Bertz CT molecular complexity index is 239. The topological polar surface area (TPSA) is 29.5 Å². The van der Waals surface area contributed by atoms with Gasteiger partial charge in [-0.05, 0) is 75.0 Å². The molecule has 4 aliphatic rings. The van der Waals surface area contributed by atoms with Crippen molar-refractivity contribution >= 4 is 0 Å². The van der Waals surface area contributed by atoms with Gasteiger partial charge in [0.05, 0.1) is 6.10 Å². The Morgan fingerprint density at radius 3 is 2.12 bits per heavy atom. The van der Waals surface area contributed by atoms with Crippen molar-refractivity contribution in [3.05, 3.63) is 0 Å². The van der Waals surface area contributed by atoms with E-state index in [1.165, 1.54) is 38.5 Å². The molecule has 0 saturated heterocycles. The molecule has 4 rings (SSSR count). The molecule has 0 heterocycles. The summed E-state index contributed by atoms with van der Waals surface area (Å²) in [6.07, 6.45) is 9.00. The summed E-state index contributed by atoms with van der Waals surface area (Å²) < 4.78 is 5.41. The summed E-state index contributed by atoms with van der Waals surface area (Å²) in [6, 6.07) is 0. The summed E-state index contributed by atoms with van der Waals surface area (Å²) in [6.45, 7) is 3.53. The Morgan fingerprint density at radius 1 is 1.12 bits per heavy atom. The molecule has 1 atom stereocenters. The average molecular weight is 238 g/mol. The van der Waals surface area contributed by atoms with Crippen LogP contribution in [0.5, 0.6) is 0 Å². The smallest absolute Gasteiger partial charge is 0.0618 e. The van der Waals surface area contributed by atoms with Gasteiger partial charge in [0.25, 0.3) is 0 Å². The quantitative estimate of drug-likeness (QED) is 0.746. The van der Waals surface area contributed by atoms with E-state index in [0.29, 0.717) is 0 Å². The van der Waals surface area contributed by atoms with Crippen LogP contribution >= 0.6 is 0 Å². The largest absolute Gasteiger partial charge is 0.392 e. The Hall–Kier alpha value is -0.0800. The molecule has 2 heteroatoms. The molecular weight excluding hydrogens is 212 g/mol. The van der Waals surface area contributed by atoms with Crippen molar-refractivity contribution in [2.75, 3.05) is 13.2 Å². The van der Waals surface area contributed by atoms with Crippen LogP contribution in [-0.2, 0) is 4.74 Å². The lowest BCUT2D eigenvalue weighted by Gasteiger charge is -2.58. The van der Waals surface area contributed by atoms with E-state index in [2.05, 4.69) is 0 Å². The molecular formula is C15H26O2. The highest BCUT2D eigenvalue weighted by molar-refractivity contribution is 5.04. The second-order valence-corrected chi connectivity index (χ2v) is 6.78. The first kappa shape index (κ1) is 12.0. The summed E-state index contributed by atoms with van der Waals surface area (Å²) in [4.78, 5) is 0. The minimum absolute atomic E-state index is 0.109. The second kappa shape index (κ2) is 4.55. The Balaban J connectivity index is 1.64. The van der Waals surface area contributed by atoms with Crippen molar-refractivity contribution < 1.29 is 9.84 Å². The molecule has 0 amide bonds. The Kier molecular flexibility index (Phi) is 3.20. The van der Waals surface area contributed by atoms with Crippen molar-refractivity contribution in [2.45, 2.75) is 58.0 Å². The minimum Gasteiger partial charge on any atom is -0.392 e. The van der Waals surface area contributed by atoms with Crippen molar-refractivity contribution in [3.63, 3.8) is 0 Å². The van der Waals surface area contributed by atoms with Gasteiger partial charge in [-0.1, -0.05) is 0 Å². The Morgan fingerprint density at radius 2 is 1.65 bits per heavy atom. The molecule has 4 fully saturated rings. The van der Waals surface area contributed by atoms with Gasteiger partial charge >= 0.3 is 0 Å². The van der Waals surface area contributed by atoms with E-state index >= 15 is 0 Å². The maximum absolute atomic E-state index is 10.6. The molecule has 1 N–H and O–H groups in total. The maximum atomic E-state index is 10.6. The molecule has 0 aromatic carbocycles. The van der Waals surface area contributed by atoms with E-state index < -0.39 is 0 Å². The van der Waals surface area contributed by atoms with Gasteiger partial charge in [-0.25, -0.2) is 0 Å². The summed E-state index contributed by atoms with van der Waals surface area (Å²) in [5.41, 5.74) is 0.284. The zero-order valence-electron chi connectivity index (χ0n) is 11.0. The fraction of sp³-hybridized carbons (Fsp3) is 1.00. The van der Waals surface area contributed by atoms with Gasteiger partial charge in [0, 0.05) is 13.2 Å². The van der Waals surface area contributed by atoms with Gasteiger partial charge in [-0.2, -0.15) is 0 Å². The van der Waals surface area contributed by atoms with Crippen molar-refractivity contribution in [1.82, 2.24) is 0 Å². The standard InChI is InChI=1S/C15H26O2/c1-2-17-4-3-14(16)15-8-11-5-12(9-15)7-13(6-11)10-15/h11-14,16H,2-10H2,1H3. The van der Waals surface area contributed by atoms with Gasteiger partial charge in [0.2, 0.25) is 0 Å². The number of aliphatic hydroxyl groups is 1. The van der Waals surface area contributed by atoms with Crippen LogP contribution in [0, 0.1) is 23.2 Å². The summed E-state index contributed by atoms with van der Waals surface area (Å²) >= 11 is 0. The molecule has 4 aliphatic carbocycles. The van der Waals surface area contributed by atoms with Gasteiger partial charge in [-0.3, -0.25) is 0 Å². The third-order valence-electron chi connectivity index (χ3n) is 5.53. The van der Waals surface area contributed by atoms with Crippen LogP contribution in [-0.4, -0.2) is 24.4 Å². The second-order valence-electron chi connectivity index (χ2n) is 6.78. The van der Waals surface area contributed by atoms with Crippen LogP contribution in [0.15, 0.2) is 0 Å². The third kappa shape index (κ3) is 2.15. The molecule has 0 aliphatic heterocycles. The number of hydrogen-bond donors (Lipinski definition) is 1. The predicted molar refractivity (Wildman–Crippen MR) is 67.7 cm³/mol. The van der Waals surface area contributed by atoms with Crippen LogP contribution in [0.4, 0.5) is 0 Å². The van der Waals surface area contributed by atoms with E-state index in [1.54, 1.807) is 0 Å². The van der Waals surface area contributed by atoms with E-state index in [9.17, 15) is 5.11 Å². The van der Waals surface area contributed by atoms with E-state index in [-0.39, 0.29) is 11.5 Å². The van der Waals surface area contributed by atoms with Gasteiger partial charge in [-0.15, -0.1) is 0 Å². The molecule has 0 spiro atoms. The highest BCUT2D eigenvalue weighted by Gasteiger charge is 2.53. The third-order valence-corrected chi connectivity index (χ3v) is 5.53. The van der Waals surface area contributed by atoms with Crippen LogP contribution < -0.4 is 0 Å². The first-order valence-corrected chi connectivity index (χ1v) is 7.47. The van der Waals surface area contributed by atoms with Crippen molar-refractivity contribution in [3.8, 4) is 0 Å². The molecule has 0 aromatic heterocycles. The number of hydrogen-bond acceptors (Lipinski definition) is 2. The summed E-state index contributed by atoms with van der Waals surface area (Å²) in [5.74, 6) is 2.80. The van der Waals surface area contributed by atoms with E-state index in [0.717, 1.165) is 37.4 Å². The fourth-order valence-electron chi connectivity index (χ4n) is 5.23. The normalized spacial score (nSPS) is 45.2.